The molecular weight excluding hydrogens is 500 g/mol. The van der Waals surface area contributed by atoms with E-state index in [0.717, 1.165) is 24.8 Å². The van der Waals surface area contributed by atoms with Crippen molar-refractivity contribution in [3.63, 3.8) is 0 Å². The van der Waals surface area contributed by atoms with Crippen molar-refractivity contribution in [3.8, 4) is 0 Å². The fourth-order valence-corrected chi connectivity index (χ4v) is 5.95. The van der Waals surface area contributed by atoms with Crippen LogP contribution in [0.4, 0.5) is 5.82 Å². The number of carbonyl (C=O) groups is 1. The molecule has 208 valence electrons. The molecule has 3 aromatic rings. The number of imidazole rings is 1. The third kappa shape index (κ3) is 5.36. The molecule has 11 nitrogen and oxygen atoms in total. The molecule has 3 fully saturated rings. The lowest BCUT2D eigenvalue weighted by molar-refractivity contribution is -0.198. The second-order valence-electron chi connectivity index (χ2n) is 11.3. The quantitative estimate of drug-likeness (QED) is 0.408. The van der Waals surface area contributed by atoms with Gasteiger partial charge >= 0.3 is 5.97 Å². The molecule has 2 aromatic heterocycles. The minimum absolute atomic E-state index is 0.132. The Bertz CT molecular complexity index is 1310. The van der Waals surface area contributed by atoms with Crippen LogP contribution in [0.1, 0.15) is 51.3 Å². The largest absolute Gasteiger partial charge is 0.461 e. The summed E-state index contributed by atoms with van der Waals surface area (Å²) in [6, 6.07) is 10.2. The van der Waals surface area contributed by atoms with Gasteiger partial charge in [-0.2, -0.15) is 0 Å². The molecule has 1 aromatic carbocycles. The molecule has 4 atom stereocenters. The van der Waals surface area contributed by atoms with E-state index < -0.39 is 12.0 Å². The number of rotatable bonds is 9. The fraction of sp³-hybridized carbons (Fsp3) is 0.571. The smallest absolute Gasteiger partial charge is 0.306 e. The third-order valence-corrected chi connectivity index (χ3v) is 8.09. The van der Waals surface area contributed by atoms with E-state index in [2.05, 4.69) is 26.9 Å². The molecule has 11 heteroatoms. The lowest BCUT2D eigenvalue weighted by Crippen LogP contribution is -2.48. The van der Waals surface area contributed by atoms with Crippen LogP contribution in [0.25, 0.3) is 11.2 Å². The highest BCUT2D eigenvalue weighted by Crippen LogP contribution is 2.44. The zero-order chi connectivity index (χ0) is 27.1. The predicted molar refractivity (Wildman–Crippen MR) is 142 cm³/mol. The number of nitrogens with two attached hydrogens (primary N) is 1. The second-order valence-corrected chi connectivity index (χ2v) is 11.3. The molecule has 0 bridgehead atoms. The molecule has 1 saturated carbocycles. The van der Waals surface area contributed by atoms with Gasteiger partial charge in [-0.1, -0.05) is 30.3 Å². The molecule has 4 heterocycles. The Labute approximate surface area is 227 Å². The van der Waals surface area contributed by atoms with Crippen LogP contribution in [0.2, 0.25) is 0 Å². The van der Waals surface area contributed by atoms with E-state index in [1.165, 1.54) is 6.33 Å². The Morgan fingerprint density at radius 3 is 2.72 bits per heavy atom. The van der Waals surface area contributed by atoms with Crippen LogP contribution in [0.15, 0.2) is 43.0 Å². The zero-order valence-electron chi connectivity index (χ0n) is 22.6. The number of carbonyl (C=O) groups excluding carboxylic acids is 1. The summed E-state index contributed by atoms with van der Waals surface area (Å²) in [6.45, 7) is 4.89. The van der Waals surface area contributed by atoms with Crippen molar-refractivity contribution in [2.24, 2.45) is 5.92 Å². The first kappa shape index (κ1) is 26.1. The molecule has 6 rings (SSSR count). The van der Waals surface area contributed by atoms with Gasteiger partial charge < -0.3 is 29.6 Å². The van der Waals surface area contributed by atoms with Gasteiger partial charge in [0.2, 0.25) is 0 Å². The highest BCUT2D eigenvalue weighted by molar-refractivity contribution is 5.81. The van der Waals surface area contributed by atoms with Crippen molar-refractivity contribution in [3.05, 3.63) is 48.5 Å². The number of likely N-dealkylation sites (N-methyl/N-ethyl adjacent to an activating group) is 1. The molecule has 2 saturated heterocycles. The summed E-state index contributed by atoms with van der Waals surface area (Å²) >= 11 is 0. The van der Waals surface area contributed by atoms with Crippen LogP contribution in [0.3, 0.4) is 0 Å². The molecule has 0 amide bonds. The fourth-order valence-electron chi connectivity index (χ4n) is 5.95. The lowest BCUT2D eigenvalue weighted by atomic mass is 9.76. The Morgan fingerprint density at radius 2 is 1.92 bits per heavy atom. The summed E-state index contributed by atoms with van der Waals surface area (Å²) < 4.78 is 26.4. The van der Waals surface area contributed by atoms with Crippen LogP contribution >= 0.6 is 0 Å². The van der Waals surface area contributed by atoms with Crippen molar-refractivity contribution in [2.75, 3.05) is 19.3 Å². The topological polar surface area (TPSA) is 127 Å². The normalized spacial score (nSPS) is 29.4. The summed E-state index contributed by atoms with van der Waals surface area (Å²) in [6.07, 6.45) is 5.38. The highest BCUT2D eigenvalue weighted by atomic mass is 16.8. The molecule has 39 heavy (non-hydrogen) atoms. The Hall–Kier alpha value is -3.12. The van der Waals surface area contributed by atoms with E-state index in [-0.39, 0.29) is 24.3 Å². The molecule has 0 spiro atoms. The Balaban J connectivity index is 1.02. The van der Waals surface area contributed by atoms with E-state index >= 15 is 0 Å². The van der Waals surface area contributed by atoms with E-state index in [4.69, 9.17) is 24.7 Å². The van der Waals surface area contributed by atoms with Crippen LogP contribution in [-0.4, -0.2) is 74.1 Å². The number of hydrogen-bond donors (Lipinski definition) is 1. The van der Waals surface area contributed by atoms with Crippen molar-refractivity contribution >= 4 is 23.0 Å². The SMILES string of the molecule is CN(CC1O[C@@H](n2cnc3c(N)ncnc32)C2OC(C)(C)O[C@H]12)C1CC(CCC(=O)OCc2ccccc2)C1. The number of nitrogens with zero attached hydrogens (tertiary/aromatic N) is 5. The molecule has 1 aliphatic carbocycles. The maximum atomic E-state index is 12.2. The first-order chi connectivity index (χ1) is 18.8. The molecule has 2 unspecified atom stereocenters. The predicted octanol–water partition coefficient (Wildman–Crippen LogP) is 3.06. The minimum atomic E-state index is -0.713. The Morgan fingerprint density at radius 1 is 1.15 bits per heavy atom. The van der Waals surface area contributed by atoms with Crippen molar-refractivity contribution < 1.29 is 23.7 Å². The highest BCUT2D eigenvalue weighted by Gasteiger charge is 2.56. The van der Waals surface area contributed by atoms with Crippen LogP contribution in [-0.2, 0) is 30.3 Å². The second kappa shape index (κ2) is 10.5. The van der Waals surface area contributed by atoms with Crippen LogP contribution < -0.4 is 5.73 Å². The number of esters is 1. The number of aromatic nitrogens is 4. The maximum Gasteiger partial charge on any atom is 0.306 e. The molecular formula is C28H36N6O5. The van der Waals surface area contributed by atoms with Gasteiger partial charge in [0.1, 0.15) is 36.8 Å². The van der Waals surface area contributed by atoms with Gasteiger partial charge in [-0.25, -0.2) is 15.0 Å². The van der Waals surface area contributed by atoms with E-state index in [0.29, 0.717) is 48.5 Å². The van der Waals surface area contributed by atoms with Gasteiger partial charge in [0.15, 0.2) is 23.5 Å². The van der Waals surface area contributed by atoms with Crippen LogP contribution in [0, 0.1) is 5.92 Å². The van der Waals surface area contributed by atoms with Crippen molar-refractivity contribution in [2.45, 2.75) is 82.5 Å². The number of ether oxygens (including phenoxy) is 4. The van der Waals surface area contributed by atoms with Gasteiger partial charge in [-0.05, 0) is 51.6 Å². The van der Waals surface area contributed by atoms with Gasteiger partial charge in [0.25, 0.3) is 0 Å². The summed E-state index contributed by atoms with van der Waals surface area (Å²) in [5.41, 5.74) is 8.16. The van der Waals surface area contributed by atoms with Gasteiger partial charge in [-0.3, -0.25) is 9.36 Å². The number of hydrogen-bond acceptors (Lipinski definition) is 10. The number of benzene rings is 1. The zero-order valence-corrected chi connectivity index (χ0v) is 22.6. The molecule has 3 aliphatic rings. The molecule has 2 N–H and O–H groups in total. The van der Waals surface area contributed by atoms with E-state index in [1.54, 1.807) is 6.33 Å². The summed E-state index contributed by atoms with van der Waals surface area (Å²) in [7, 11) is 2.13. The molecule has 0 radical (unpaired) electrons. The lowest BCUT2D eigenvalue weighted by Gasteiger charge is -2.42. The van der Waals surface area contributed by atoms with Crippen molar-refractivity contribution in [1.82, 2.24) is 24.4 Å². The average molecular weight is 537 g/mol. The summed E-state index contributed by atoms with van der Waals surface area (Å²) in [5.74, 6) is 0.0127. The van der Waals surface area contributed by atoms with Crippen molar-refractivity contribution in [1.29, 1.82) is 0 Å². The number of anilines is 1. The molecule has 2 aliphatic heterocycles. The van der Waals surface area contributed by atoms with Gasteiger partial charge in [0.05, 0.1) is 6.33 Å². The Kier molecular flexibility index (Phi) is 7.00. The minimum Gasteiger partial charge on any atom is -0.461 e. The third-order valence-electron chi connectivity index (χ3n) is 8.09. The number of fused-ring (bicyclic) bond motifs is 2. The van der Waals surface area contributed by atoms with E-state index in [9.17, 15) is 4.79 Å². The van der Waals surface area contributed by atoms with E-state index in [1.807, 2.05) is 48.7 Å². The van der Waals surface area contributed by atoms with Gasteiger partial charge in [-0.15, -0.1) is 0 Å². The first-order valence-corrected chi connectivity index (χ1v) is 13.6. The first-order valence-electron chi connectivity index (χ1n) is 13.6. The maximum absolute atomic E-state index is 12.2. The average Bonchev–Trinajstić information content (AvgIpc) is 3.54. The van der Waals surface area contributed by atoms with Gasteiger partial charge in [0, 0.05) is 19.0 Å². The summed E-state index contributed by atoms with van der Waals surface area (Å²) in [4.78, 5) is 27.4. The standard InChI is InChI=1S/C28H36N6O5/c1-28(2)38-23-20(37-27(24(23)39-28)34-16-32-22-25(29)30-15-31-26(22)34)13-33(3)19-11-18(12-19)9-10-21(35)36-14-17-7-5-4-6-8-17/h4-8,15-16,18-20,23-24,27H,9-14H2,1-3H3,(H2,29,30,31)/t18?,19?,20?,23-,24?,27-/m1/s1. The van der Waals surface area contributed by atoms with Crippen LogP contribution in [0.5, 0.6) is 0 Å². The monoisotopic (exact) mass is 536 g/mol. The summed E-state index contributed by atoms with van der Waals surface area (Å²) in [5, 5.41) is 0. The number of nitrogen functional groups attached to an aromatic ring is 1.